The molecule has 3 rings (SSSR count). The normalized spacial score (nSPS) is 11.1. The Hall–Kier alpha value is -3.80. The summed E-state index contributed by atoms with van der Waals surface area (Å²) in [6.45, 7) is 3.73. The number of nitriles is 1. The molecule has 10 heteroatoms. The van der Waals surface area contributed by atoms with Crippen LogP contribution in [-0.2, 0) is 4.79 Å². The first-order valence-electron chi connectivity index (χ1n) is 9.56. The van der Waals surface area contributed by atoms with Gasteiger partial charge in [-0.15, -0.1) is 0 Å². The fourth-order valence-corrected chi connectivity index (χ4v) is 3.65. The van der Waals surface area contributed by atoms with Gasteiger partial charge in [-0.1, -0.05) is 23.2 Å². The van der Waals surface area contributed by atoms with Crippen molar-refractivity contribution in [2.24, 2.45) is 0 Å². The third-order valence-corrected chi connectivity index (χ3v) is 5.68. The summed E-state index contributed by atoms with van der Waals surface area (Å²) in [4.78, 5) is 23.3. The van der Waals surface area contributed by atoms with Gasteiger partial charge in [-0.2, -0.15) is 5.26 Å². The van der Waals surface area contributed by atoms with Gasteiger partial charge in [0, 0.05) is 29.2 Å². The summed E-state index contributed by atoms with van der Waals surface area (Å²) >= 11 is 12.2. The number of amides is 1. The summed E-state index contributed by atoms with van der Waals surface area (Å²) in [5.41, 5.74) is 2.74. The van der Waals surface area contributed by atoms with Crippen molar-refractivity contribution in [3.63, 3.8) is 0 Å². The van der Waals surface area contributed by atoms with Crippen molar-refractivity contribution in [2.75, 3.05) is 12.4 Å². The van der Waals surface area contributed by atoms with Crippen LogP contribution in [0.5, 0.6) is 5.75 Å². The molecule has 3 aromatic rings. The average molecular weight is 485 g/mol. The first-order chi connectivity index (χ1) is 15.7. The van der Waals surface area contributed by atoms with E-state index >= 15 is 0 Å². The second-order valence-electron chi connectivity index (χ2n) is 7.03. The van der Waals surface area contributed by atoms with Crippen LogP contribution in [-0.4, -0.2) is 22.5 Å². The van der Waals surface area contributed by atoms with E-state index in [4.69, 9.17) is 27.9 Å². The van der Waals surface area contributed by atoms with E-state index in [9.17, 15) is 20.2 Å². The standard InChI is InChI=1S/C23H18Cl2N4O4/c1-13-8-15(14(2)28(13)17-4-6-19(24)20(25)10-17)9-16(12-26)23(30)27-21-11-18(29(31)32)5-7-22(21)33-3/h4-11H,1-3H3,(H,27,30)/b16-9+. The van der Waals surface area contributed by atoms with Gasteiger partial charge in [0.25, 0.3) is 11.6 Å². The summed E-state index contributed by atoms with van der Waals surface area (Å²) < 4.78 is 7.08. The molecule has 1 heterocycles. The van der Waals surface area contributed by atoms with Gasteiger partial charge in [-0.25, -0.2) is 0 Å². The highest BCUT2D eigenvalue weighted by Crippen LogP contribution is 2.30. The maximum absolute atomic E-state index is 12.8. The number of aromatic nitrogens is 1. The van der Waals surface area contributed by atoms with Crippen LogP contribution >= 0.6 is 23.2 Å². The minimum atomic E-state index is -0.726. The third kappa shape index (κ3) is 5.00. The molecule has 1 amide bonds. The van der Waals surface area contributed by atoms with E-state index in [2.05, 4.69) is 5.32 Å². The number of carbonyl (C=O) groups excluding carboxylic acids is 1. The zero-order valence-corrected chi connectivity index (χ0v) is 19.4. The lowest BCUT2D eigenvalue weighted by molar-refractivity contribution is -0.384. The van der Waals surface area contributed by atoms with Crippen molar-refractivity contribution in [3.05, 3.63) is 85.1 Å². The van der Waals surface area contributed by atoms with Gasteiger partial charge in [-0.05, 0) is 55.8 Å². The summed E-state index contributed by atoms with van der Waals surface area (Å²) in [7, 11) is 1.37. The van der Waals surface area contributed by atoms with Crippen LogP contribution in [0, 0.1) is 35.3 Å². The number of carbonyl (C=O) groups is 1. The van der Waals surface area contributed by atoms with Gasteiger partial charge in [0.1, 0.15) is 17.4 Å². The van der Waals surface area contributed by atoms with Crippen molar-refractivity contribution in [1.82, 2.24) is 4.57 Å². The number of non-ortho nitro benzene ring substituents is 1. The second kappa shape index (κ2) is 9.77. The maximum Gasteiger partial charge on any atom is 0.271 e. The molecule has 0 saturated heterocycles. The molecule has 0 unspecified atom stereocenters. The largest absolute Gasteiger partial charge is 0.495 e. The van der Waals surface area contributed by atoms with Gasteiger partial charge >= 0.3 is 0 Å². The molecule has 0 radical (unpaired) electrons. The Kier molecular flexibility index (Phi) is 7.07. The maximum atomic E-state index is 12.8. The molecule has 8 nitrogen and oxygen atoms in total. The molecule has 0 atom stereocenters. The molecule has 168 valence electrons. The van der Waals surface area contributed by atoms with E-state index in [1.54, 1.807) is 12.1 Å². The van der Waals surface area contributed by atoms with Gasteiger partial charge in [0.15, 0.2) is 0 Å². The molecule has 0 spiro atoms. The van der Waals surface area contributed by atoms with E-state index in [1.165, 1.54) is 31.4 Å². The van der Waals surface area contributed by atoms with Crippen molar-refractivity contribution in [1.29, 1.82) is 5.26 Å². The van der Waals surface area contributed by atoms with Gasteiger partial charge in [0.2, 0.25) is 0 Å². The minimum absolute atomic E-state index is 0.0825. The zero-order chi connectivity index (χ0) is 24.3. The molecule has 2 aromatic carbocycles. The molecule has 33 heavy (non-hydrogen) atoms. The Labute approximate surface area is 199 Å². The van der Waals surface area contributed by atoms with Gasteiger partial charge in [0.05, 0.1) is 27.8 Å². The van der Waals surface area contributed by atoms with Crippen LogP contribution in [0.4, 0.5) is 11.4 Å². The van der Waals surface area contributed by atoms with Crippen LogP contribution in [0.25, 0.3) is 11.8 Å². The van der Waals surface area contributed by atoms with Crippen molar-refractivity contribution >= 4 is 46.6 Å². The number of nitrogens with zero attached hydrogens (tertiary/aromatic N) is 3. The van der Waals surface area contributed by atoms with Gasteiger partial charge < -0.3 is 14.6 Å². The highest BCUT2D eigenvalue weighted by Gasteiger charge is 2.18. The number of nitro groups is 1. The lowest BCUT2D eigenvalue weighted by atomic mass is 10.1. The number of nitro benzene ring substituents is 1. The molecule has 0 fully saturated rings. The smallest absolute Gasteiger partial charge is 0.271 e. The average Bonchev–Trinajstić information content (AvgIpc) is 3.06. The number of ether oxygens (including phenoxy) is 1. The molecule has 0 bridgehead atoms. The molecular formula is C23H18Cl2N4O4. The number of nitrogens with one attached hydrogen (secondary N) is 1. The monoisotopic (exact) mass is 484 g/mol. The number of methoxy groups -OCH3 is 1. The molecule has 1 N–H and O–H groups in total. The minimum Gasteiger partial charge on any atom is -0.495 e. The SMILES string of the molecule is COc1ccc([N+](=O)[O-])cc1NC(=O)/C(C#N)=C/c1cc(C)n(-c2ccc(Cl)c(Cl)c2)c1C. The Morgan fingerprint density at radius 2 is 1.91 bits per heavy atom. The first-order valence-corrected chi connectivity index (χ1v) is 10.3. The highest BCUT2D eigenvalue weighted by atomic mass is 35.5. The number of hydrogen-bond donors (Lipinski definition) is 1. The number of rotatable bonds is 6. The highest BCUT2D eigenvalue weighted by molar-refractivity contribution is 6.42. The predicted octanol–water partition coefficient (Wildman–Crippen LogP) is 5.86. The molecule has 0 aliphatic carbocycles. The van der Waals surface area contributed by atoms with Crippen molar-refractivity contribution in [3.8, 4) is 17.5 Å². The van der Waals surface area contributed by atoms with Crippen LogP contribution in [0.15, 0.2) is 48.0 Å². The number of hydrogen-bond acceptors (Lipinski definition) is 5. The topological polar surface area (TPSA) is 110 Å². The number of halogens is 2. The van der Waals surface area contributed by atoms with E-state index in [1.807, 2.05) is 36.6 Å². The van der Waals surface area contributed by atoms with Crippen molar-refractivity contribution in [2.45, 2.75) is 13.8 Å². The van der Waals surface area contributed by atoms with Crippen LogP contribution in [0.3, 0.4) is 0 Å². The molecule has 0 aliphatic rings. The lowest BCUT2D eigenvalue weighted by Crippen LogP contribution is -2.14. The second-order valence-corrected chi connectivity index (χ2v) is 7.84. The Bertz CT molecular complexity index is 1340. The molecule has 0 saturated carbocycles. The predicted molar refractivity (Wildman–Crippen MR) is 127 cm³/mol. The fraction of sp³-hybridized carbons (Fsp3) is 0.130. The fourth-order valence-electron chi connectivity index (χ4n) is 3.36. The zero-order valence-electron chi connectivity index (χ0n) is 17.8. The van der Waals surface area contributed by atoms with E-state index < -0.39 is 10.8 Å². The van der Waals surface area contributed by atoms with Crippen molar-refractivity contribution < 1.29 is 14.5 Å². The van der Waals surface area contributed by atoms with E-state index in [0.717, 1.165) is 17.1 Å². The van der Waals surface area contributed by atoms with Crippen LogP contribution in [0.2, 0.25) is 10.0 Å². The Morgan fingerprint density at radius 1 is 1.18 bits per heavy atom. The summed E-state index contributed by atoms with van der Waals surface area (Å²) in [5.74, 6) is -0.500. The molecule has 1 aromatic heterocycles. The molecule has 0 aliphatic heterocycles. The lowest BCUT2D eigenvalue weighted by Gasteiger charge is -2.11. The van der Waals surface area contributed by atoms with Crippen LogP contribution in [0.1, 0.15) is 17.0 Å². The Morgan fingerprint density at radius 3 is 2.52 bits per heavy atom. The number of anilines is 1. The summed E-state index contributed by atoms with van der Waals surface area (Å²) in [6.07, 6.45) is 1.45. The quantitative estimate of drug-likeness (QED) is 0.203. The summed E-state index contributed by atoms with van der Waals surface area (Å²) in [5, 5.41) is 24.0. The number of benzene rings is 2. The van der Waals surface area contributed by atoms with Crippen LogP contribution < -0.4 is 10.1 Å². The summed E-state index contributed by atoms with van der Waals surface area (Å²) in [6, 6.07) is 12.7. The number of aryl methyl sites for hydroxylation is 1. The molecular weight excluding hydrogens is 467 g/mol. The van der Waals surface area contributed by atoms with Gasteiger partial charge in [-0.3, -0.25) is 14.9 Å². The first kappa shape index (κ1) is 23.9. The van der Waals surface area contributed by atoms with E-state index in [-0.39, 0.29) is 22.7 Å². The Balaban J connectivity index is 1.97. The van der Waals surface area contributed by atoms with E-state index in [0.29, 0.717) is 15.6 Å². The third-order valence-electron chi connectivity index (χ3n) is 4.94.